The van der Waals surface area contributed by atoms with E-state index < -0.39 is 6.10 Å². The SMILES string of the molecule is COc1ccc(OCC(O)CNCC(C)(C)N(C)C)cc1. The first-order valence-corrected chi connectivity index (χ1v) is 7.18. The molecule has 1 atom stereocenters. The zero-order valence-corrected chi connectivity index (χ0v) is 13.7. The van der Waals surface area contributed by atoms with Crippen LogP contribution < -0.4 is 14.8 Å². The fourth-order valence-electron chi connectivity index (χ4n) is 1.63. The second-order valence-electron chi connectivity index (χ2n) is 5.98. The highest BCUT2D eigenvalue weighted by molar-refractivity contribution is 5.31. The molecule has 1 aromatic rings. The van der Waals surface area contributed by atoms with Crippen molar-refractivity contribution in [2.75, 3.05) is 40.9 Å². The molecule has 5 heteroatoms. The molecule has 0 heterocycles. The molecule has 21 heavy (non-hydrogen) atoms. The molecule has 1 unspecified atom stereocenters. The fraction of sp³-hybridized carbons (Fsp3) is 0.625. The summed E-state index contributed by atoms with van der Waals surface area (Å²) in [6.45, 7) is 5.88. The van der Waals surface area contributed by atoms with Gasteiger partial charge in [0, 0.05) is 18.6 Å². The standard InChI is InChI=1S/C16H28N2O3/c1-16(2,18(3)4)12-17-10-13(19)11-21-15-8-6-14(20-5)7-9-15/h6-9,13,17,19H,10-12H2,1-5H3. The van der Waals surface area contributed by atoms with E-state index in [-0.39, 0.29) is 12.1 Å². The van der Waals surface area contributed by atoms with Crippen LogP contribution in [0.5, 0.6) is 11.5 Å². The van der Waals surface area contributed by atoms with Crippen molar-refractivity contribution in [1.82, 2.24) is 10.2 Å². The summed E-state index contributed by atoms with van der Waals surface area (Å²) < 4.78 is 10.6. The summed E-state index contributed by atoms with van der Waals surface area (Å²) in [5, 5.41) is 13.2. The van der Waals surface area contributed by atoms with Gasteiger partial charge < -0.3 is 24.8 Å². The van der Waals surface area contributed by atoms with E-state index in [0.29, 0.717) is 6.54 Å². The van der Waals surface area contributed by atoms with Crippen molar-refractivity contribution in [3.63, 3.8) is 0 Å². The highest BCUT2D eigenvalue weighted by Gasteiger charge is 2.20. The molecule has 0 spiro atoms. The number of nitrogens with one attached hydrogen (secondary N) is 1. The molecule has 1 aromatic carbocycles. The molecule has 0 fully saturated rings. The molecule has 0 aliphatic carbocycles. The van der Waals surface area contributed by atoms with E-state index in [0.717, 1.165) is 18.0 Å². The van der Waals surface area contributed by atoms with E-state index in [1.807, 2.05) is 38.4 Å². The van der Waals surface area contributed by atoms with Gasteiger partial charge in [-0.2, -0.15) is 0 Å². The Bertz CT molecular complexity index is 404. The Morgan fingerprint density at radius 1 is 1.19 bits per heavy atom. The Hall–Kier alpha value is -1.30. The highest BCUT2D eigenvalue weighted by atomic mass is 16.5. The largest absolute Gasteiger partial charge is 0.497 e. The number of ether oxygens (including phenoxy) is 2. The second kappa shape index (κ2) is 8.22. The maximum absolute atomic E-state index is 9.92. The third-order valence-corrected chi connectivity index (χ3v) is 3.65. The Morgan fingerprint density at radius 3 is 2.29 bits per heavy atom. The van der Waals surface area contributed by atoms with Gasteiger partial charge in [0.05, 0.1) is 7.11 Å². The number of benzene rings is 1. The second-order valence-corrected chi connectivity index (χ2v) is 5.98. The Morgan fingerprint density at radius 2 is 1.76 bits per heavy atom. The Balaban J connectivity index is 2.26. The molecule has 2 N–H and O–H groups in total. The molecule has 0 bridgehead atoms. The van der Waals surface area contributed by atoms with E-state index in [2.05, 4.69) is 24.1 Å². The van der Waals surface area contributed by atoms with E-state index in [1.165, 1.54) is 0 Å². The zero-order chi connectivity index (χ0) is 15.9. The lowest BCUT2D eigenvalue weighted by molar-refractivity contribution is 0.100. The van der Waals surface area contributed by atoms with Gasteiger partial charge >= 0.3 is 0 Å². The number of rotatable bonds is 9. The quantitative estimate of drug-likeness (QED) is 0.721. The Labute approximate surface area is 127 Å². The van der Waals surface area contributed by atoms with Crippen LogP contribution in [0.3, 0.4) is 0 Å². The lowest BCUT2D eigenvalue weighted by Crippen LogP contribution is -2.48. The molecular weight excluding hydrogens is 268 g/mol. The van der Waals surface area contributed by atoms with Gasteiger partial charge in [-0.3, -0.25) is 0 Å². The summed E-state index contributed by atoms with van der Waals surface area (Å²) in [5.74, 6) is 1.51. The summed E-state index contributed by atoms with van der Waals surface area (Å²) in [5.41, 5.74) is 0.0521. The van der Waals surface area contributed by atoms with E-state index >= 15 is 0 Å². The van der Waals surface area contributed by atoms with Crippen LogP contribution in [0.1, 0.15) is 13.8 Å². The van der Waals surface area contributed by atoms with Gasteiger partial charge in [-0.05, 0) is 52.2 Å². The smallest absolute Gasteiger partial charge is 0.119 e. The molecule has 5 nitrogen and oxygen atoms in total. The first kappa shape index (κ1) is 17.8. The molecule has 0 saturated carbocycles. The third kappa shape index (κ3) is 6.33. The molecule has 0 radical (unpaired) electrons. The maximum Gasteiger partial charge on any atom is 0.119 e. The average Bonchev–Trinajstić information content (AvgIpc) is 2.45. The van der Waals surface area contributed by atoms with E-state index in [9.17, 15) is 5.11 Å². The monoisotopic (exact) mass is 296 g/mol. The average molecular weight is 296 g/mol. The van der Waals surface area contributed by atoms with Crippen molar-refractivity contribution < 1.29 is 14.6 Å². The number of methoxy groups -OCH3 is 1. The third-order valence-electron chi connectivity index (χ3n) is 3.65. The molecule has 0 amide bonds. The van der Waals surface area contributed by atoms with Crippen LogP contribution in [0, 0.1) is 0 Å². The van der Waals surface area contributed by atoms with Crippen molar-refractivity contribution in [1.29, 1.82) is 0 Å². The Kier molecular flexibility index (Phi) is 6.95. The van der Waals surface area contributed by atoms with Gasteiger partial charge in [0.2, 0.25) is 0 Å². The van der Waals surface area contributed by atoms with Crippen molar-refractivity contribution in [2.45, 2.75) is 25.5 Å². The molecule has 0 aliphatic rings. The van der Waals surface area contributed by atoms with Crippen molar-refractivity contribution >= 4 is 0 Å². The van der Waals surface area contributed by atoms with Crippen LogP contribution in [-0.4, -0.2) is 62.6 Å². The van der Waals surface area contributed by atoms with Gasteiger partial charge in [-0.25, -0.2) is 0 Å². The van der Waals surface area contributed by atoms with E-state index in [4.69, 9.17) is 9.47 Å². The number of likely N-dealkylation sites (N-methyl/N-ethyl adjacent to an activating group) is 1. The number of hydrogen-bond acceptors (Lipinski definition) is 5. The number of aliphatic hydroxyl groups excluding tert-OH is 1. The van der Waals surface area contributed by atoms with Crippen molar-refractivity contribution in [2.24, 2.45) is 0 Å². The zero-order valence-electron chi connectivity index (χ0n) is 13.7. The van der Waals surface area contributed by atoms with Gasteiger partial charge in [0.25, 0.3) is 0 Å². The first-order valence-electron chi connectivity index (χ1n) is 7.18. The van der Waals surface area contributed by atoms with Gasteiger partial charge in [0.1, 0.15) is 24.2 Å². The van der Waals surface area contributed by atoms with Gasteiger partial charge in [0.15, 0.2) is 0 Å². The fourth-order valence-corrected chi connectivity index (χ4v) is 1.63. The van der Waals surface area contributed by atoms with Crippen LogP contribution in [0.4, 0.5) is 0 Å². The normalized spacial score (nSPS) is 13.3. The van der Waals surface area contributed by atoms with Gasteiger partial charge in [-0.1, -0.05) is 0 Å². The predicted molar refractivity (Wildman–Crippen MR) is 85.1 cm³/mol. The minimum Gasteiger partial charge on any atom is -0.497 e. The number of nitrogens with zero attached hydrogens (tertiary/aromatic N) is 1. The summed E-state index contributed by atoms with van der Waals surface area (Å²) in [6.07, 6.45) is -0.537. The van der Waals surface area contributed by atoms with E-state index in [1.54, 1.807) is 7.11 Å². The molecule has 120 valence electrons. The number of aliphatic hydroxyl groups is 1. The molecule has 0 saturated heterocycles. The van der Waals surface area contributed by atoms with Crippen LogP contribution >= 0.6 is 0 Å². The minimum atomic E-state index is -0.537. The molecule has 1 rings (SSSR count). The van der Waals surface area contributed by atoms with Crippen molar-refractivity contribution in [3.8, 4) is 11.5 Å². The summed E-state index contributed by atoms with van der Waals surface area (Å²) in [6, 6.07) is 7.32. The van der Waals surface area contributed by atoms with Crippen LogP contribution in [0.15, 0.2) is 24.3 Å². The van der Waals surface area contributed by atoms with Crippen molar-refractivity contribution in [3.05, 3.63) is 24.3 Å². The lowest BCUT2D eigenvalue weighted by atomic mass is 10.0. The van der Waals surface area contributed by atoms with Crippen LogP contribution in [-0.2, 0) is 0 Å². The van der Waals surface area contributed by atoms with Crippen LogP contribution in [0.25, 0.3) is 0 Å². The summed E-state index contributed by atoms with van der Waals surface area (Å²) in [4.78, 5) is 2.15. The predicted octanol–water partition coefficient (Wildman–Crippen LogP) is 1.36. The summed E-state index contributed by atoms with van der Waals surface area (Å²) >= 11 is 0. The first-order chi connectivity index (χ1) is 9.85. The lowest BCUT2D eigenvalue weighted by Gasteiger charge is -2.33. The minimum absolute atomic E-state index is 0.0521. The maximum atomic E-state index is 9.92. The molecule has 0 aliphatic heterocycles. The summed E-state index contributed by atoms with van der Waals surface area (Å²) in [7, 11) is 5.72. The number of hydrogen-bond donors (Lipinski definition) is 2. The topological polar surface area (TPSA) is 54.0 Å². The van der Waals surface area contributed by atoms with Gasteiger partial charge in [-0.15, -0.1) is 0 Å². The molecular formula is C16H28N2O3. The molecule has 0 aromatic heterocycles. The van der Waals surface area contributed by atoms with Crippen LogP contribution in [0.2, 0.25) is 0 Å². The highest BCUT2D eigenvalue weighted by Crippen LogP contribution is 2.17.